The molecule has 2 fully saturated rings. The average Bonchev–Trinajstić information content (AvgIpc) is 3.43. The maximum absolute atomic E-state index is 13.9. The zero-order valence-electron chi connectivity index (χ0n) is 20.4. The van der Waals surface area contributed by atoms with Crippen LogP contribution in [0.5, 0.6) is 0 Å². The van der Waals surface area contributed by atoms with Crippen LogP contribution in [0.3, 0.4) is 0 Å². The Balaban J connectivity index is 1.35. The van der Waals surface area contributed by atoms with E-state index in [1.807, 2.05) is 17.0 Å². The number of aromatic nitrogens is 2. The predicted octanol–water partition coefficient (Wildman–Crippen LogP) is 3.83. The minimum Gasteiger partial charge on any atom is -0.387 e. The van der Waals surface area contributed by atoms with Gasteiger partial charge in [-0.3, -0.25) is 9.69 Å². The largest absolute Gasteiger partial charge is 0.387 e. The molecule has 3 aliphatic rings. The highest BCUT2D eigenvalue weighted by molar-refractivity contribution is 6.30. The van der Waals surface area contributed by atoms with Gasteiger partial charge in [-0.25, -0.2) is 18.7 Å². The quantitative estimate of drug-likeness (QED) is 0.625. The minimum absolute atomic E-state index is 0.0279. The Morgan fingerprint density at radius 1 is 1.14 bits per heavy atom. The lowest BCUT2D eigenvalue weighted by atomic mass is 9.88. The smallest absolute Gasteiger partial charge is 0.251 e. The molecule has 1 aliphatic carbocycles. The molecule has 194 valence electrons. The number of hydrogen-bond acceptors (Lipinski definition) is 6. The van der Waals surface area contributed by atoms with Crippen molar-refractivity contribution < 1.29 is 18.7 Å². The molecule has 1 aromatic heterocycles. The first-order chi connectivity index (χ1) is 17.3. The molecule has 1 amide bonds. The van der Waals surface area contributed by atoms with Crippen molar-refractivity contribution in [2.24, 2.45) is 0 Å². The molecule has 2 aliphatic heterocycles. The van der Waals surface area contributed by atoms with E-state index in [4.69, 9.17) is 11.6 Å². The van der Waals surface area contributed by atoms with Crippen molar-refractivity contribution in [3.8, 4) is 0 Å². The number of aliphatic hydroxyl groups is 1. The number of fused-ring (bicyclic) bond motifs is 1. The average molecular weight is 520 g/mol. The van der Waals surface area contributed by atoms with E-state index in [1.54, 1.807) is 17.0 Å². The molecule has 0 saturated carbocycles. The summed E-state index contributed by atoms with van der Waals surface area (Å²) in [5, 5.41) is 10.9. The maximum Gasteiger partial charge on any atom is 0.251 e. The van der Waals surface area contributed by atoms with Gasteiger partial charge in [0.05, 0.1) is 24.3 Å². The number of carbonyl (C=O) groups excluding carboxylic acids is 1. The van der Waals surface area contributed by atoms with Gasteiger partial charge in [-0.15, -0.1) is 0 Å². The van der Waals surface area contributed by atoms with Gasteiger partial charge in [-0.2, -0.15) is 0 Å². The highest BCUT2D eigenvalue weighted by atomic mass is 35.5. The van der Waals surface area contributed by atoms with Gasteiger partial charge < -0.3 is 14.9 Å². The lowest BCUT2D eigenvalue weighted by Gasteiger charge is -2.40. The Kier molecular flexibility index (Phi) is 7.42. The number of alkyl halides is 2. The molecule has 36 heavy (non-hydrogen) atoms. The Bertz CT molecular complexity index is 1080. The Labute approximate surface area is 215 Å². The van der Waals surface area contributed by atoms with Gasteiger partial charge in [-0.1, -0.05) is 30.7 Å². The zero-order valence-corrected chi connectivity index (χ0v) is 21.1. The fourth-order valence-corrected chi connectivity index (χ4v) is 6.25. The Hall–Kier alpha value is -2.36. The van der Waals surface area contributed by atoms with Gasteiger partial charge in [-0.05, 0) is 49.4 Å². The van der Waals surface area contributed by atoms with Crippen LogP contribution in [0.25, 0.3) is 0 Å². The second kappa shape index (κ2) is 10.6. The molecule has 7 nitrogen and oxygen atoms in total. The number of likely N-dealkylation sites (tertiary alicyclic amines) is 1. The minimum atomic E-state index is -2.44. The molecule has 1 N–H and O–H groups in total. The van der Waals surface area contributed by atoms with Gasteiger partial charge in [0.1, 0.15) is 12.1 Å². The first-order valence-electron chi connectivity index (χ1n) is 12.7. The molecule has 4 atom stereocenters. The predicted molar refractivity (Wildman–Crippen MR) is 134 cm³/mol. The van der Waals surface area contributed by atoms with Crippen LogP contribution in [-0.4, -0.2) is 82.5 Å². The molecule has 3 heterocycles. The van der Waals surface area contributed by atoms with Crippen LogP contribution in [0, 0.1) is 0 Å². The van der Waals surface area contributed by atoms with E-state index < -0.39 is 18.4 Å². The van der Waals surface area contributed by atoms with E-state index in [1.165, 1.54) is 6.33 Å². The third-order valence-electron chi connectivity index (χ3n) is 7.84. The Morgan fingerprint density at radius 3 is 2.56 bits per heavy atom. The normalized spacial score (nSPS) is 25.4. The van der Waals surface area contributed by atoms with Gasteiger partial charge in [0.15, 0.2) is 0 Å². The number of hydrogen-bond donors (Lipinski definition) is 1. The number of rotatable bonds is 6. The van der Waals surface area contributed by atoms with Crippen molar-refractivity contribution in [1.82, 2.24) is 19.8 Å². The van der Waals surface area contributed by atoms with Gasteiger partial charge in [0, 0.05) is 42.8 Å². The molecule has 1 aromatic carbocycles. The van der Waals surface area contributed by atoms with E-state index in [0.717, 1.165) is 23.4 Å². The van der Waals surface area contributed by atoms with E-state index >= 15 is 0 Å². The number of benzene rings is 1. The molecule has 10 heteroatoms. The summed E-state index contributed by atoms with van der Waals surface area (Å²) in [6.07, 6.45) is 0.637. The number of nitrogens with zero attached hydrogens (tertiary/aromatic N) is 5. The van der Waals surface area contributed by atoms with E-state index in [2.05, 4.69) is 21.8 Å². The summed E-state index contributed by atoms with van der Waals surface area (Å²) in [6, 6.07) is 6.94. The number of carbonyl (C=O) groups is 1. The number of halogens is 3. The standard InChI is InChI=1S/C26H32ClF2N5O2/c1-16-13-20(35)24-22(16)25(31-15-30-24)32-9-11-33(12-10-32)26(36)23(17-4-6-18(27)7-5-17)19-3-2-8-34(19)14-21(28)29/h4-7,15-16,19-21,23,35H,2-3,8-14H2,1H3/t16-,19+,20+,23+/m1/s1. The highest BCUT2D eigenvalue weighted by Gasteiger charge is 2.41. The van der Waals surface area contributed by atoms with E-state index in [0.29, 0.717) is 56.3 Å². The van der Waals surface area contributed by atoms with E-state index in [-0.39, 0.29) is 24.4 Å². The number of piperazine rings is 1. The van der Waals surface area contributed by atoms with Crippen LogP contribution in [0.1, 0.15) is 60.9 Å². The number of amides is 1. The lowest BCUT2D eigenvalue weighted by molar-refractivity contribution is -0.134. The first kappa shape index (κ1) is 25.3. The van der Waals surface area contributed by atoms with E-state index in [9.17, 15) is 18.7 Å². The van der Waals surface area contributed by atoms with Crippen molar-refractivity contribution in [3.05, 3.63) is 52.4 Å². The summed E-state index contributed by atoms with van der Waals surface area (Å²) in [5.74, 6) is 0.459. The molecular weight excluding hydrogens is 488 g/mol. The molecule has 0 radical (unpaired) electrons. The van der Waals surface area contributed by atoms with Crippen LogP contribution >= 0.6 is 11.6 Å². The summed E-state index contributed by atoms with van der Waals surface area (Å²) in [5.41, 5.74) is 2.51. The lowest BCUT2D eigenvalue weighted by Crippen LogP contribution is -2.53. The SMILES string of the molecule is C[C@@H]1C[C@H](O)c2ncnc(N3CCN(C(=O)[C@@H](c4ccc(Cl)cc4)[C@@H]4CCCN4CC(F)F)CC3)c21. The maximum atomic E-state index is 13.9. The highest BCUT2D eigenvalue weighted by Crippen LogP contribution is 2.43. The van der Waals surface area contributed by atoms with Gasteiger partial charge in [0.2, 0.25) is 5.91 Å². The van der Waals surface area contributed by atoms with Crippen LogP contribution in [0.4, 0.5) is 14.6 Å². The molecule has 0 unspecified atom stereocenters. The van der Waals surface area contributed by atoms with Gasteiger partial charge in [0.25, 0.3) is 6.43 Å². The van der Waals surface area contributed by atoms with Crippen molar-refractivity contribution >= 4 is 23.3 Å². The fraction of sp³-hybridized carbons (Fsp3) is 0.577. The second-order valence-corrected chi connectivity index (χ2v) is 10.5. The van der Waals surface area contributed by atoms with Crippen molar-refractivity contribution in [1.29, 1.82) is 0 Å². The number of aliphatic hydroxyl groups excluding tert-OH is 1. The Morgan fingerprint density at radius 2 is 1.86 bits per heavy atom. The van der Waals surface area contributed by atoms with Crippen LogP contribution in [0.2, 0.25) is 5.02 Å². The van der Waals surface area contributed by atoms with Crippen molar-refractivity contribution in [3.63, 3.8) is 0 Å². The monoisotopic (exact) mass is 519 g/mol. The topological polar surface area (TPSA) is 72.8 Å². The summed E-state index contributed by atoms with van der Waals surface area (Å²) in [7, 11) is 0. The van der Waals surface area contributed by atoms with Gasteiger partial charge >= 0.3 is 0 Å². The molecule has 0 spiro atoms. The molecular formula is C26H32ClF2N5O2. The number of anilines is 1. The van der Waals surface area contributed by atoms with Crippen molar-refractivity contribution in [2.75, 3.05) is 44.2 Å². The van der Waals surface area contributed by atoms with Crippen LogP contribution in [0.15, 0.2) is 30.6 Å². The molecule has 2 saturated heterocycles. The summed E-state index contributed by atoms with van der Waals surface area (Å²) in [6.45, 7) is 4.57. The second-order valence-electron chi connectivity index (χ2n) is 10.1. The summed E-state index contributed by atoms with van der Waals surface area (Å²) in [4.78, 5) is 28.6. The fourth-order valence-electron chi connectivity index (χ4n) is 6.12. The van der Waals surface area contributed by atoms with Crippen LogP contribution in [-0.2, 0) is 4.79 Å². The molecule has 5 rings (SSSR count). The third-order valence-corrected chi connectivity index (χ3v) is 8.09. The van der Waals surface area contributed by atoms with Crippen molar-refractivity contribution in [2.45, 2.75) is 56.6 Å². The van der Waals surface area contributed by atoms with Crippen LogP contribution < -0.4 is 4.90 Å². The zero-order chi connectivity index (χ0) is 25.4. The molecule has 0 bridgehead atoms. The third kappa shape index (κ3) is 4.93. The summed E-state index contributed by atoms with van der Waals surface area (Å²) < 4.78 is 26.6. The first-order valence-corrected chi connectivity index (χ1v) is 13.1. The summed E-state index contributed by atoms with van der Waals surface area (Å²) >= 11 is 6.10. The molecule has 2 aromatic rings.